The summed E-state index contributed by atoms with van der Waals surface area (Å²) in [6.45, 7) is 2.78. The number of nitrogens with one attached hydrogen (secondary N) is 1. The fourth-order valence-electron chi connectivity index (χ4n) is 1.43. The van der Waals surface area contributed by atoms with Gasteiger partial charge < -0.3 is 0 Å². The third-order valence-electron chi connectivity index (χ3n) is 1.99. The highest BCUT2D eigenvalue weighted by atomic mass is 16.1. The zero-order chi connectivity index (χ0) is 9.26. The van der Waals surface area contributed by atoms with Gasteiger partial charge in [0.05, 0.1) is 5.52 Å². The predicted octanol–water partition coefficient (Wildman–Crippen LogP) is 1.13. The molecule has 0 aliphatic carbocycles. The summed E-state index contributed by atoms with van der Waals surface area (Å²) in [6, 6.07) is 3.73. The van der Waals surface area contributed by atoms with Crippen LogP contribution in [0.15, 0.2) is 23.1 Å². The Morgan fingerprint density at radius 1 is 1.62 bits per heavy atom. The summed E-state index contributed by atoms with van der Waals surface area (Å²) in [7, 11) is 0. The maximum absolute atomic E-state index is 11.4. The summed E-state index contributed by atoms with van der Waals surface area (Å²) < 4.78 is 1.71. The first kappa shape index (κ1) is 8.04. The number of H-pyrrole nitrogens is 1. The molecule has 4 heteroatoms. The van der Waals surface area contributed by atoms with E-state index < -0.39 is 0 Å². The zero-order valence-electron chi connectivity index (χ0n) is 7.45. The highest BCUT2D eigenvalue weighted by Gasteiger charge is 2.04. The lowest BCUT2D eigenvalue weighted by molar-refractivity contribution is 0.674. The van der Waals surface area contributed by atoms with Crippen molar-refractivity contribution in [2.24, 2.45) is 0 Å². The van der Waals surface area contributed by atoms with E-state index in [0.29, 0.717) is 5.65 Å². The molecule has 0 aliphatic rings. The van der Waals surface area contributed by atoms with Crippen molar-refractivity contribution in [3.05, 3.63) is 28.8 Å². The topological polar surface area (TPSA) is 50.7 Å². The van der Waals surface area contributed by atoms with E-state index in [1.807, 2.05) is 19.1 Å². The molecule has 2 heterocycles. The second-order valence-electron chi connectivity index (χ2n) is 2.95. The van der Waals surface area contributed by atoms with Crippen LogP contribution in [0.3, 0.4) is 0 Å². The maximum Gasteiger partial charge on any atom is 0.327 e. The van der Waals surface area contributed by atoms with Crippen LogP contribution in [-0.2, 0) is 6.54 Å². The lowest BCUT2D eigenvalue weighted by atomic mass is 10.4. The molecule has 0 saturated carbocycles. The predicted molar refractivity (Wildman–Crippen MR) is 50.6 cm³/mol. The monoisotopic (exact) mass is 177 g/mol. The first-order chi connectivity index (χ1) is 6.33. The second-order valence-corrected chi connectivity index (χ2v) is 2.95. The molecule has 1 N–H and O–H groups in total. The Hall–Kier alpha value is -1.58. The molecule has 0 spiro atoms. The van der Waals surface area contributed by atoms with Crippen LogP contribution < -0.4 is 5.69 Å². The lowest BCUT2D eigenvalue weighted by Gasteiger charge is -1.97. The summed E-state index contributed by atoms with van der Waals surface area (Å²) in [6.07, 6.45) is 2.62. The Balaban J connectivity index is 2.71. The molecule has 0 atom stereocenters. The first-order valence-electron chi connectivity index (χ1n) is 4.36. The minimum absolute atomic E-state index is 0.0736. The lowest BCUT2D eigenvalue weighted by Crippen LogP contribution is -2.16. The van der Waals surface area contributed by atoms with E-state index in [0.717, 1.165) is 18.5 Å². The van der Waals surface area contributed by atoms with Crippen LogP contribution in [0, 0.1) is 0 Å². The molecular formula is C9H11N3O. The zero-order valence-corrected chi connectivity index (χ0v) is 7.45. The molecule has 68 valence electrons. The molecule has 2 aromatic rings. The van der Waals surface area contributed by atoms with E-state index in [1.54, 1.807) is 10.8 Å². The van der Waals surface area contributed by atoms with Crippen molar-refractivity contribution in [3.8, 4) is 0 Å². The summed E-state index contributed by atoms with van der Waals surface area (Å²) >= 11 is 0. The molecule has 0 aliphatic heterocycles. The molecule has 0 radical (unpaired) electrons. The fourth-order valence-corrected chi connectivity index (χ4v) is 1.43. The molecule has 0 saturated heterocycles. The van der Waals surface area contributed by atoms with Crippen molar-refractivity contribution in [1.82, 2.24) is 14.5 Å². The molecule has 0 unspecified atom stereocenters. The van der Waals surface area contributed by atoms with Gasteiger partial charge in [0.2, 0.25) is 0 Å². The van der Waals surface area contributed by atoms with Crippen LogP contribution in [0.1, 0.15) is 13.3 Å². The number of pyridine rings is 1. The van der Waals surface area contributed by atoms with E-state index in [2.05, 4.69) is 9.97 Å². The van der Waals surface area contributed by atoms with Crippen molar-refractivity contribution in [3.63, 3.8) is 0 Å². The number of aromatic amines is 1. The van der Waals surface area contributed by atoms with Crippen molar-refractivity contribution < 1.29 is 0 Å². The Bertz CT molecular complexity index is 469. The van der Waals surface area contributed by atoms with Gasteiger partial charge in [-0.05, 0) is 18.6 Å². The number of aryl methyl sites for hydroxylation is 1. The van der Waals surface area contributed by atoms with Crippen LogP contribution >= 0.6 is 0 Å². The molecule has 2 rings (SSSR count). The average Bonchev–Trinajstić information content (AvgIpc) is 2.44. The van der Waals surface area contributed by atoms with E-state index in [1.165, 1.54) is 0 Å². The molecule has 2 aromatic heterocycles. The van der Waals surface area contributed by atoms with Crippen molar-refractivity contribution in [2.45, 2.75) is 19.9 Å². The number of hydrogen-bond acceptors (Lipinski definition) is 2. The van der Waals surface area contributed by atoms with Gasteiger partial charge in [-0.15, -0.1) is 0 Å². The third-order valence-corrected chi connectivity index (χ3v) is 1.99. The first-order valence-corrected chi connectivity index (χ1v) is 4.36. The molecule has 0 aromatic carbocycles. The minimum atomic E-state index is -0.0736. The second kappa shape index (κ2) is 3.05. The Morgan fingerprint density at radius 3 is 3.23 bits per heavy atom. The van der Waals surface area contributed by atoms with Gasteiger partial charge in [-0.2, -0.15) is 0 Å². The Labute approximate surface area is 75.2 Å². The van der Waals surface area contributed by atoms with Crippen molar-refractivity contribution in [2.75, 3.05) is 0 Å². The smallest absolute Gasteiger partial charge is 0.291 e. The van der Waals surface area contributed by atoms with Crippen LogP contribution in [0.5, 0.6) is 0 Å². The van der Waals surface area contributed by atoms with Crippen LogP contribution in [0.25, 0.3) is 11.2 Å². The summed E-state index contributed by atoms with van der Waals surface area (Å²) in [4.78, 5) is 18.2. The molecule has 0 amide bonds. The summed E-state index contributed by atoms with van der Waals surface area (Å²) in [5.41, 5.74) is 1.48. The van der Waals surface area contributed by atoms with E-state index in [4.69, 9.17) is 0 Å². The summed E-state index contributed by atoms with van der Waals surface area (Å²) in [5.74, 6) is 0. The summed E-state index contributed by atoms with van der Waals surface area (Å²) in [5, 5.41) is 0. The molecular weight excluding hydrogens is 166 g/mol. The number of hydrogen-bond donors (Lipinski definition) is 1. The number of rotatable bonds is 2. The van der Waals surface area contributed by atoms with Gasteiger partial charge in [0.1, 0.15) is 0 Å². The van der Waals surface area contributed by atoms with Gasteiger partial charge in [-0.1, -0.05) is 6.92 Å². The van der Waals surface area contributed by atoms with E-state index in [-0.39, 0.29) is 5.69 Å². The number of nitrogens with zero attached hydrogens (tertiary/aromatic N) is 2. The highest BCUT2D eigenvalue weighted by Crippen LogP contribution is 2.05. The third kappa shape index (κ3) is 1.24. The molecule has 13 heavy (non-hydrogen) atoms. The quantitative estimate of drug-likeness (QED) is 0.747. The number of imidazole rings is 1. The minimum Gasteiger partial charge on any atom is -0.291 e. The molecule has 4 nitrogen and oxygen atoms in total. The van der Waals surface area contributed by atoms with Gasteiger partial charge in [0.25, 0.3) is 0 Å². The van der Waals surface area contributed by atoms with Gasteiger partial charge >= 0.3 is 5.69 Å². The normalized spacial score (nSPS) is 10.8. The largest absolute Gasteiger partial charge is 0.327 e. The van der Waals surface area contributed by atoms with Gasteiger partial charge in [0.15, 0.2) is 5.65 Å². The fraction of sp³-hybridized carbons (Fsp3) is 0.333. The molecule has 0 fully saturated rings. The van der Waals surface area contributed by atoms with Crippen LogP contribution in [0.4, 0.5) is 0 Å². The Morgan fingerprint density at radius 2 is 2.46 bits per heavy atom. The van der Waals surface area contributed by atoms with Crippen molar-refractivity contribution in [1.29, 1.82) is 0 Å². The standard InChI is InChI=1S/C9H11N3O/c1-2-6-12-7-4-3-5-10-8(7)11-9(12)13/h3-5H,2,6H2,1H3,(H,10,11,13). The van der Waals surface area contributed by atoms with Crippen molar-refractivity contribution >= 4 is 11.2 Å². The number of fused-ring (bicyclic) bond motifs is 1. The van der Waals surface area contributed by atoms with Crippen LogP contribution in [0.2, 0.25) is 0 Å². The SMILES string of the molecule is CCCn1c(=O)[nH]c2ncccc21. The highest BCUT2D eigenvalue weighted by molar-refractivity contribution is 5.70. The maximum atomic E-state index is 11.4. The number of aromatic nitrogens is 3. The van der Waals surface area contributed by atoms with Gasteiger partial charge in [-0.25, -0.2) is 9.78 Å². The van der Waals surface area contributed by atoms with E-state index >= 15 is 0 Å². The Kier molecular flexibility index (Phi) is 1.88. The average molecular weight is 177 g/mol. The van der Waals surface area contributed by atoms with Crippen LogP contribution in [-0.4, -0.2) is 14.5 Å². The van der Waals surface area contributed by atoms with Gasteiger partial charge in [-0.3, -0.25) is 9.55 Å². The van der Waals surface area contributed by atoms with Gasteiger partial charge in [0, 0.05) is 12.7 Å². The van der Waals surface area contributed by atoms with E-state index in [9.17, 15) is 4.79 Å². The molecule has 0 bridgehead atoms.